The fourth-order valence-corrected chi connectivity index (χ4v) is 4.00. The molecule has 7 heteroatoms. The lowest BCUT2D eigenvalue weighted by molar-refractivity contribution is 0.0958. The molecule has 0 spiro atoms. The predicted molar refractivity (Wildman–Crippen MR) is 111 cm³/mol. The number of rotatable bonds is 5. The summed E-state index contributed by atoms with van der Waals surface area (Å²) in [6.07, 6.45) is 8.03. The SMILES string of the molecule is CNC(=O)c1ccc(-c2cc(C)nc(C3CCCN3Cc3cnn(C)c3)c2)cn1. The minimum Gasteiger partial charge on any atom is -0.354 e. The fourth-order valence-electron chi connectivity index (χ4n) is 4.00. The maximum atomic E-state index is 11.7. The first kappa shape index (κ1) is 19.3. The first-order valence-corrected chi connectivity index (χ1v) is 9.92. The summed E-state index contributed by atoms with van der Waals surface area (Å²) in [6, 6.07) is 8.23. The molecule has 1 amide bonds. The van der Waals surface area contributed by atoms with Gasteiger partial charge in [0.2, 0.25) is 0 Å². The van der Waals surface area contributed by atoms with Crippen molar-refractivity contribution in [2.45, 2.75) is 32.4 Å². The minimum atomic E-state index is -0.180. The zero-order valence-corrected chi connectivity index (χ0v) is 17.1. The van der Waals surface area contributed by atoms with Gasteiger partial charge in [-0.2, -0.15) is 5.10 Å². The van der Waals surface area contributed by atoms with Crippen molar-refractivity contribution < 1.29 is 4.79 Å². The van der Waals surface area contributed by atoms with E-state index in [0.29, 0.717) is 11.7 Å². The van der Waals surface area contributed by atoms with Crippen LogP contribution < -0.4 is 5.32 Å². The Bertz CT molecular complexity index is 1010. The van der Waals surface area contributed by atoms with Crippen molar-refractivity contribution in [2.75, 3.05) is 13.6 Å². The molecule has 0 aromatic carbocycles. The lowest BCUT2D eigenvalue weighted by Crippen LogP contribution is -2.23. The van der Waals surface area contributed by atoms with E-state index < -0.39 is 0 Å². The molecular formula is C22H26N6O. The van der Waals surface area contributed by atoms with Gasteiger partial charge in [0.1, 0.15) is 5.69 Å². The van der Waals surface area contributed by atoms with Gasteiger partial charge in [0.05, 0.1) is 17.9 Å². The van der Waals surface area contributed by atoms with Crippen LogP contribution in [0.15, 0.2) is 42.9 Å². The number of nitrogens with zero attached hydrogens (tertiary/aromatic N) is 5. The summed E-state index contributed by atoms with van der Waals surface area (Å²) in [5.74, 6) is -0.180. The number of carbonyl (C=O) groups is 1. The quantitative estimate of drug-likeness (QED) is 0.725. The highest BCUT2D eigenvalue weighted by atomic mass is 16.1. The summed E-state index contributed by atoms with van der Waals surface area (Å²) >= 11 is 0. The Kier molecular flexibility index (Phi) is 5.40. The summed E-state index contributed by atoms with van der Waals surface area (Å²) < 4.78 is 1.85. The van der Waals surface area contributed by atoms with Gasteiger partial charge in [0.15, 0.2) is 0 Å². The van der Waals surface area contributed by atoms with Crippen LogP contribution in [-0.4, -0.2) is 44.1 Å². The topological polar surface area (TPSA) is 75.9 Å². The van der Waals surface area contributed by atoms with E-state index in [9.17, 15) is 4.79 Å². The maximum Gasteiger partial charge on any atom is 0.269 e. The Morgan fingerprint density at radius 1 is 1.24 bits per heavy atom. The van der Waals surface area contributed by atoms with Crippen molar-refractivity contribution in [1.82, 2.24) is 30.0 Å². The van der Waals surface area contributed by atoms with Gasteiger partial charge in [-0.05, 0) is 50.1 Å². The summed E-state index contributed by atoms with van der Waals surface area (Å²) in [5.41, 5.74) is 5.79. The van der Waals surface area contributed by atoms with E-state index in [4.69, 9.17) is 4.98 Å². The van der Waals surface area contributed by atoms with Crippen molar-refractivity contribution in [2.24, 2.45) is 7.05 Å². The predicted octanol–water partition coefficient (Wildman–Crippen LogP) is 2.88. The van der Waals surface area contributed by atoms with Gasteiger partial charge in [-0.3, -0.25) is 24.3 Å². The van der Waals surface area contributed by atoms with E-state index in [1.807, 2.05) is 30.9 Å². The van der Waals surface area contributed by atoms with Gasteiger partial charge in [-0.15, -0.1) is 0 Å². The van der Waals surface area contributed by atoms with E-state index in [1.165, 1.54) is 5.56 Å². The molecule has 3 aromatic rings. The fraction of sp³-hybridized carbons (Fsp3) is 0.364. The number of aryl methyl sites for hydroxylation is 2. The molecule has 3 aromatic heterocycles. The Morgan fingerprint density at radius 3 is 2.79 bits per heavy atom. The number of carbonyl (C=O) groups excluding carboxylic acids is 1. The van der Waals surface area contributed by atoms with Crippen LogP contribution in [0, 0.1) is 6.92 Å². The first-order chi connectivity index (χ1) is 14.0. The van der Waals surface area contributed by atoms with Crippen molar-refractivity contribution in [1.29, 1.82) is 0 Å². The lowest BCUT2D eigenvalue weighted by atomic mass is 10.0. The highest BCUT2D eigenvalue weighted by molar-refractivity contribution is 5.92. The third kappa shape index (κ3) is 4.19. The maximum absolute atomic E-state index is 11.7. The van der Waals surface area contributed by atoms with Gasteiger partial charge < -0.3 is 5.32 Å². The van der Waals surface area contributed by atoms with E-state index in [0.717, 1.165) is 48.4 Å². The van der Waals surface area contributed by atoms with Crippen LogP contribution in [0.4, 0.5) is 0 Å². The Morgan fingerprint density at radius 2 is 2.10 bits per heavy atom. The second-order valence-electron chi connectivity index (χ2n) is 7.58. The summed E-state index contributed by atoms with van der Waals surface area (Å²) in [6.45, 7) is 3.97. The Hall–Kier alpha value is -3.06. The number of hydrogen-bond acceptors (Lipinski definition) is 5. The molecule has 0 bridgehead atoms. The summed E-state index contributed by atoms with van der Waals surface area (Å²) in [5, 5.41) is 6.89. The second kappa shape index (κ2) is 8.13. The monoisotopic (exact) mass is 390 g/mol. The van der Waals surface area contributed by atoms with Crippen LogP contribution >= 0.6 is 0 Å². The molecule has 7 nitrogen and oxygen atoms in total. The Labute approximate surface area is 170 Å². The highest BCUT2D eigenvalue weighted by Crippen LogP contribution is 2.34. The van der Waals surface area contributed by atoms with Crippen LogP contribution in [0.3, 0.4) is 0 Å². The van der Waals surface area contributed by atoms with Crippen molar-refractivity contribution in [3.63, 3.8) is 0 Å². The molecule has 1 saturated heterocycles. The van der Waals surface area contributed by atoms with Crippen molar-refractivity contribution >= 4 is 5.91 Å². The molecule has 1 fully saturated rings. The number of nitrogens with one attached hydrogen (secondary N) is 1. The molecule has 4 heterocycles. The van der Waals surface area contributed by atoms with Gasteiger partial charge in [0.25, 0.3) is 5.91 Å². The van der Waals surface area contributed by atoms with Crippen LogP contribution in [0.2, 0.25) is 0 Å². The van der Waals surface area contributed by atoms with Crippen LogP contribution in [0.1, 0.15) is 46.3 Å². The van der Waals surface area contributed by atoms with Gasteiger partial charge in [-0.25, -0.2) is 0 Å². The van der Waals surface area contributed by atoms with Gasteiger partial charge in [0, 0.05) is 49.9 Å². The molecule has 150 valence electrons. The smallest absolute Gasteiger partial charge is 0.269 e. The molecule has 1 aliphatic rings. The van der Waals surface area contributed by atoms with Gasteiger partial charge >= 0.3 is 0 Å². The number of aromatic nitrogens is 4. The molecule has 0 radical (unpaired) electrons. The number of pyridine rings is 2. The zero-order chi connectivity index (χ0) is 20.4. The number of likely N-dealkylation sites (tertiary alicyclic amines) is 1. The lowest BCUT2D eigenvalue weighted by Gasteiger charge is -2.24. The standard InChI is InChI=1S/C22H26N6O/c1-15-9-18(17-6-7-19(24-12-17)22(29)23-2)10-20(26-15)21-5-4-8-28(21)14-16-11-25-27(3)13-16/h6-7,9-13,21H,4-5,8,14H2,1-3H3,(H,23,29). The highest BCUT2D eigenvalue weighted by Gasteiger charge is 2.28. The second-order valence-corrected chi connectivity index (χ2v) is 7.58. The van der Waals surface area contributed by atoms with E-state index >= 15 is 0 Å². The third-order valence-corrected chi connectivity index (χ3v) is 5.38. The van der Waals surface area contributed by atoms with E-state index in [-0.39, 0.29) is 5.91 Å². The molecule has 0 aliphatic carbocycles. The third-order valence-electron chi connectivity index (χ3n) is 5.38. The molecule has 1 N–H and O–H groups in total. The molecule has 0 saturated carbocycles. The van der Waals surface area contributed by atoms with Crippen LogP contribution in [0.25, 0.3) is 11.1 Å². The van der Waals surface area contributed by atoms with Crippen molar-refractivity contribution in [3.8, 4) is 11.1 Å². The number of hydrogen-bond donors (Lipinski definition) is 1. The van der Waals surface area contributed by atoms with Crippen LogP contribution in [0.5, 0.6) is 0 Å². The molecule has 4 rings (SSSR count). The largest absolute Gasteiger partial charge is 0.354 e. The molecule has 1 unspecified atom stereocenters. The van der Waals surface area contributed by atoms with E-state index in [1.54, 1.807) is 19.3 Å². The van der Waals surface area contributed by atoms with Gasteiger partial charge in [-0.1, -0.05) is 6.07 Å². The molecule has 1 aliphatic heterocycles. The summed E-state index contributed by atoms with van der Waals surface area (Å²) in [4.78, 5) is 23.4. The average molecular weight is 390 g/mol. The summed E-state index contributed by atoms with van der Waals surface area (Å²) in [7, 11) is 3.55. The molecular weight excluding hydrogens is 364 g/mol. The average Bonchev–Trinajstić information content (AvgIpc) is 3.36. The molecule has 29 heavy (non-hydrogen) atoms. The number of amides is 1. The zero-order valence-electron chi connectivity index (χ0n) is 17.1. The Balaban J connectivity index is 1.60. The first-order valence-electron chi connectivity index (χ1n) is 9.92. The normalized spacial score (nSPS) is 16.9. The van der Waals surface area contributed by atoms with Crippen molar-refractivity contribution in [3.05, 3.63) is 65.5 Å². The minimum absolute atomic E-state index is 0.180. The van der Waals surface area contributed by atoms with Crippen LogP contribution in [-0.2, 0) is 13.6 Å². The molecule has 1 atom stereocenters. The van der Waals surface area contributed by atoms with E-state index in [2.05, 4.69) is 38.6 Å².